The minimum absolute atomic E-state index is 0. The number of phenolic OH excluding ortho intramolecular Hbond substituents is 2. The average Bonchev–Trinajstić information content (AvgIpc) is 2.84. The van der Waals surface area contributed by atoms with Crippen LogP contribution in [0.25, 0.3) is 0 Å². The van der Waals surface area contributed by atoms with Crippen LogP contribution in [0, 0.1) is 5.92 Å². The molecule has 206 valence electrons. The topological polar surface area (TPSA) is 85.3 Å². The van der Waals surface area contributed by atoms with E-state index in [9.17, 15) is 15.0 Å². The van der Waals surface area contributed by atoms with Gasteiger partial charge >= 0.3 is 0 Å². The van der Waals surface area contributed by atoms with E-state index >= 15 is 0 Å². The molecule has 1 aliphatic rings. The van der Waals surface area contributed by atoms with Crippen LogP contribution in [0.5, 0.6) is 23.0 Å². The smallest absolute Gasteiger partial charge is 0.251 e. The second-order valence-electron chi connectivity index (χ2n) is 9.77. The molecule has 3 aromatic rings. The first-order chi connectivity index (χ1) is 17.3. The van der Waals surface area contributed by atoms with Gasteiger partial charge in [0.15, 0.2) is 0 Å². The summed E-state index contributed by atoms with van der Waals surface area (Å²) >= 11 is 0. The van der Waals surface area contributed by atoms with E-state index in [1.54, 1.807) is 48.5 Å². The van der Waals surface area contributed by atoms with Crippen molar-refractivity contribution in [1.82, 2.24) is 10.2 Å². The summed E-state index contributed by atoms with van der Waals surface area (Å²) in [5.74, 6) is 1.72. The Bertz CT molecular complexity index is 1180. The zero-order valence-electron chi connectivity index (χ0n) is 21.9. The summed E-state index contributed by atoms with van der Waals surface area (Å²) in [6.07, 6.45) is 0. The van der Waals surface area contributed by atoms with Crippen molar-refractivity contribution in [3.63, 3.8) is 0 Å². The van der Waals surface area contributed by atoms with Crippen LogP contribution in [-0.2, 0) is 0 Å². The van der Waals surface area contributed by atoms with Gasteiger partial charge < -0.3 is 25.2 Å². The van der Waals surface area contributed by atoms with Gasteiger partial charge in [0.1, 0.15) is 23.0 Å². The number of carbonyl (C=O) groups is 1. The van der Waals surface area contributed by atoms with Crippen LogP contribution in [0.15, 0.2) is 72.8 Å². The summed E-state index contributed by atoms with van der Waals surface area (Å²) in [6, 6.07) is 21.3. The molecule has 0 aromatic heterocycles. The van der Waals surface area contributed by atoms with E-state index in [0.29, 0.717) is 23.1 Å². The highest BCUT2D eigenvalue weighted by atomic mass is 35.5. The molecule has 1 fully saturated rings. The largest absolute Gasteiger partial charge is 0.508 e. The Morgan fingerprint density at radius 3 is 2.21 bits per heavy atom. The molecule has 3 aromatic carbocycles. The standard InChI is InChI=1S/C29H35N3O4.2ClH/c1-20(2)28(19-31-14-15-32(21(3)18-31)23-6-4-7-24(33)16-23)30-29(35)22-10-12-26(13-11-22)36-27-9-5-8-25(34)17-27;;/h4-13,16-17,20-21,28,33-34H,14-15,18-19H2,1-3H3,(H,30,35);2*1H/t21-,28+;;/m0../s1. The lowest BCUT2D eigenvalue weighted by molar-refractivity contribution is 0.0903. The van der Waals surface area contributed by atoms with Gasteiger partial charge in [-0.05, 0) is 61.4 Å². The lowest BCUT2D eigenvalue weighted by atomic mass is 10.0. The molecule has 7 nitrogen and oxygen atoms in total. The predicted molar refractivity (Wildman–Crippen MR) is 157 cm³/mol. The van der Waals surface area contributed by atoms with E-state index in [1.165, 1.54) is 6.07 Å². The molecule has 38 heavy (non-hydrogen) atoms. The molecule has 1 aliphatic heterocycles. The zero-order valence-corrected chi connectivity index (χ0v) is 23.5. The van der Waals surface area contributed by atoms with Crippen molar-refractivity contribution in [1.29, 1.82) is 0 Å². The van der Waals surface area contributed by atoms with Crippen LogP contribution in [-0.4, -0.2) is 59.3 Å². The first kappa shape index (κ1) is 31.1. The monoisotopic (exact) mass is 561 g/mol. The minimum atomic E-state index is -0.107. The molecule has 1 saturated heterocycles. The molecular formula is C29H37Cl2N3O4. The second-order valence-corrected chi connectivity index (χ2v) is 9.77. The summed E-state index contributed by atoms with van der Waals surface area (Å²) < 4.78 is 5.75. The Morgan fingerprint density at radius 2 is 1.61 bits per heavy atom. The Balaban J connectivity index is 0.00000253. The van der Waals surface area contributed by atoms with E-state index < -0.39 is 0 Å². The van der Waals surface area contributed by atoms with Gasteiger partial charge in [-0.15, -0.1) is 24.8 Å². The van der Waals surface area contributed by atoms with E-state index in [0.717, 1.165) is 31.9 Å². The number of carbonyl (C=O) groups excluding carboxylic acids is 1. The van der Waals surface area contributed by atoms with E-state index in [-0.39, 0.29) is 54.2 Å². The summed E-state index contributed by atoms with van der Waals surface area (Å²) in [6.45, 7) is 9.87. The number of amides is 1. The Kier molecular flexibility index (Phi) is 11.6. The predicted octanol–water partition coefficient (Wildman–Crippen LogP) is 5.70. The van der Waals surface area contributed by atoms with Gasteiger partial charge in [0, 0.05) is 61.6 Å². The van der Waals surface area contributed by atoms with Crippen molar-refractivity contribution >= 4 is 36.4 Å². The van der Waals surface area contributed by atoms with Crippen molar-refractivity contribution < 1.29 is 19.7 Å². The molecule has 1 amide bonds. The van der Waals surface area contributed by atoms with Crippen LogP contribution in [0.4, 0.5) is 5.69 Å². The number of anilines is 1. The number of rotatable bonds is 8. The molecule has 1 heterocycles. The van der Waals surface area contributed by atoms with E-state index in [4.69, 9.17) is 4.74 Å². The highest BCUT2D eigenvalue weighted by Gasteiger charge is 2.27. The highest BCUT2D eigenvalue weighted by Crippen LogP contribution is 2.26. The Morgan fingerprint density at radius 1 is 0.947 bits per heavy atom. The second kappa shape index (κ2) is 14.1. The van der Waals surface area contributed by atoms with Gasteiger partial charge in [0.05, 0.1) is 0 Å². The number of benzene rings is 3. The number of ether oxygens (including phenoxy) is 1. The number of hydrogen-bond acceptors (Lipinski definition) is 6. The van der Waals surface area contributed by atoms with Crippen LogP contribution in [0.2, 0.25) is 0 Å². The van der Waals surface area contributed by atoms with Crippen molar-refractivity contribution in [2.45, 2.75) is 32.9 Å². The highest BCUT2D eigenvalue weighted by molar-refractivity contribution is 5.94. The molecule has 0 aliphatic carbocycles. The number of nitrogens with zero attached hydrogens (tertiary/aromatic N) is 2. The van der Waals surface area contributed by atoms with Crippen molar-refractivity contribution in [3.05, 3.63) is 78.4 Å². The van der Waals surface area contributed by atoms with Crippen LogP contribution < -0.4 is 15.0 Å². The first-order valence-corrected chi connectivity index (χ1v) is 12.4. The third-order valence-electron chi connectivity index (χ3n) is 6.62. The maximum atomic E-state index is 13.0. The average molecular weight is 563 g/mol. The molecule has 0 spiro atoms. The number of phenols is 2. The Labute approximate surface area is 237 Å². The number of halogens is 2. The lowest BCUT2D eigenvalue weighted by Gasteiger charge is -2.42. The van der Waals surface area contributed by atoms with E-state index in [1.807, 2.05) is 18.2 Å². The quantitative estimate of drug-likeness (QED) is 0.327. The zero-order chi connectivity index (χ0) is 25.7. The van der Waals surface area contributed by atoms with Gasteiger partial charge in [-0.3, -0.25) is 9.69 Å². The van der Waals surface area contributed by atoms with Crippen LogP contribution >= 0.6 is 24.8 Å². The molecule has 9 heteroatoms. The van der Waals surface area contributed by atoms with Gasteiger partial charge in [-0.25, -0.2) is 0 Å². The fraction of sp³-hybridized carbons (Fsp3) is 0.345. The van der Waals surface area contributed by atoms with Gasteiger partial charge in [-0.2, -0.15) is 0 Å². The fourth-order valence-electron chi connectivity index (χ4n) is 4.56. The number of hydrogen-bond donors (Lipinski definition) is 3. The lowest BCUT2D eigenvalue weighted by Crippen LogP contribution is -2.56. The molecule has 0 bridgehead atoms. The Hall–Kier alpha value is -3.13. The van der Waals surface area contributed by atoms with Crippen molar-refractivity contribution in [2.24, 2.45) is 5.92 Å². The van der Waals surface area contributed by atoms with Crippen LogP contribution in [0.3, 0.4) is 0 Å². The number of piperazine rings is 1. The van der Waals surface area contributed by atoms with Gasteiger partial charge in [0.25, 0.3) is 5.91 Å². The molecule has 4 rings (SSSR count). The third kappa shape index (κ3) is 8.18. The summed E-state index contributed by atoms with van der Waals surface area (Å²) in [4.78, 5) is 17.7. The SMILES string of the molecule is CC(C)[C@@H](CN1CCN(c2cccc(O)c2)[C@@H](C)C1)NC(=O)c1ccc(Oc2cccc(O)c2)cc1.Cl.Cl. The van der Waals surface area contributed by atoms with Crippen molar-refractivity contribution in [2.75, 3.05) is 31.1 Å². The maximum Gasteiger partial charge on any atom is 0.251 e. The maximum absolute atomic E-state index is 13.0. The molecule has 0 radical (unpaired) electrons. The molecule has 0 unspecified atom stereocenters. The van der Waals surface area contributed by atoms with E-state index in [2.05, 4.69) is 35.9 Å². The summed E-state index contributed by atoms with van der Waals surface area (Å²) in [7, 11) is 0. The number of aromatic hydroxyl groups is 2. The third-order valence-corrected chi connectivity index (χ3v) is 6.62. The fourth-order valence-corrected chi connectivity index (χ4v) is 4.56. The summed E-state index contributed by atoms with van der Waals surface area (Å²) in [5.41, 5.74) is 1.61. The minimum Gasteiger partial charge on any atom is -0.508 e. The normalized spacial score (nSPS) is 16.2. The molecule has 2 atom stereocenters. The summed E-state index contributed by atoms with van der Waals surface area (Å²) in [5, 5.41) is 22.7. The first-order valence-electron chi connectivity index (χ1n) is 12.4. The number of nitrogens with one attached hydrogen (secondary N) is 1. The van der Waals surface area contributed by atoms with Crippen molar-refractivity contribution in [3.8, 4) is 23.0 Å². The van der Waals surface area contributed by atoms with Crippen LogP contribution in [0.1, 0.15) is 31.1 Å². The van der Waals surface area contributed by atoms with Gasteiger partial charge in [-0.1, -0.05) is 26.0 Å². The molecular weight excluding hydrogens is 525 g/mol. The molecule has 0 saturated carbocycles. The van der Waals surface area contributed by atoms with Gasteiger partial charge in [0.2, 0.25) is 0 Å². The molecule has 3 N–H and O–H groups in total.